The first-order valence-electron chi connectivity index (χ1n) is 5.96. The molecular weight excluding hydrogens is 190 g/mol. The minimum absolute atomic E-state index is 0.359. The molecule has 88 valence electrons. The number of hydrogen-bond donors (Lipinski definition) is 1. The molecule has 0 aromatic carbocycles. The molecule has 0 atom stereocenters. The van der Waals surface area contributed by atoms with Gasteiger partial charge in [-0.15, -0.1) is 0 Å². The summed E-state index contributed by atoms with van der Waals surface area (Å²) in [5.74, 6) is 0.359. The van der Waals surface area contributed by atoms with Crippen LogP contribution in [0.4, 0.5) is 0 Å². The van der Waals surface area contributed by atoms with Crippen molar-refractivity contribution in [3.05, 3.63) is 0 Å². The number of carbonyl (C=O) groups is 2. The minimum Gasteiger partial charge on any atom is -0.330 e. The SMILES string of the molecule is NCCCCCC(=O)CCCCCC=O. The van der Waals surface area contributed by atoms with E-state index in [2.05, 4.69) is 0 Å². The summed E-state index contributed by atoms with van der Waals surface area (Å²) in [5, 5.41) is 0. The van der Waals surface area contributed by atoms with Crippen LogP contribution < -0.4 is 5.73 Å². The molecule has 3 nitrogen and oxygen atoms in total. The number of ketones is 1. The fourth-order valence-corrected chi connectivity index (χ4v) is 1.49. The monoisotopic (exact) mass is 213 g/mol. The quantitative estimate of drug-likeness (QED) is 0.423. The molecule has 0 fully saturated rings. The Morgan fingerprint density at radius 2 is 1.53 bits per heavy atom. The predicted molar refractivity (Wildman–Crippen MR) is 61.7 cm³/mol. The highest BCUT2D eigenvalue weighted by Gasteiger charge is 2.01. The van der Waals surface area contributed by atoms with Crippen LogP contribution in [0.5, 0.6) is 0 Å². The maximum atomic E-state index is 11.3. The molecule has 0 heterocycles. The molecule has 0 aromatic rings. The molecule has 0 radical (unpaired) electrons. The lowest BCUT2D eigenvalue weighted by Crippen LogP contribution is -2.00. The van der Waals surface area contributed by atoms with Crippen LogP contribution in [-0.2, 0) is 9.59 Å². The predicted octanol–water partition coefficient (Wildman–Crippen LogP) is 2.22. The average molecular weight is 213 g/mol. The van der Waals surface area contributed by atoms with Crippen LogP contribution in [0.2, 0.25) is 0 Å². The third-order valence-corrected chi connectivity index (χ3v) is 2.44. The molecule has 0 amide bonds. The number of Topliss-reactive ketones (excluding diaryl/α,β-unsaturated/α-hetero) is 1. The van der Waals surface area contributed by atoms with Crippen LogP contribution in [0.25, 0.3) is 0 Å². The van der Waals surface area contributed by atoms with Crippen molar-refractivity contribution in [2.24, 2.45) is 5.73 Å². The Bertz CT molecular complexity index is 169. The summed E-state index contributed by atoms with van der Waals surface area (Å²) in [6.45, 7) is 0.722. The third-order valence-electron chi connectivity index (χ3n) is 2.44. The van der Waals surface area contributed by atoms with Crippen LogP contribution in [0.15, 0.2) is 0 Å². The Morgan fingerprint density at radius 1 is 0.933 bits per heavy atom. The molecule has 0 aromatic heterocycles. The summed E-state index contributed by atoms with van der Waals surface area (Å²) < 4.78 is 0. The van der Waals surface area contributed by atoms with Crippen molar-refractivity contribution >= 4 is 12.1 Å². The summed E-state index contributed by atoms with van der Waals surface area (Å²) in [4.78, 5) is 21.4. The smallest absolute Gasteiger partial charge is 0.132 e. The number of unbranched alkanes of at least 4 members (excludes halogenated alkanes) is 5. The van der Waals surface area contributed by atoms with Crippen molar-refractivity contribution in [1.29, 1.82) is 0 Å². The van der Waals surface area contributed by atoms with E-state index in [1.165, 1.54) is 0 Å². The van der Waals surface area contributed by atoms with Gasteiger partial charge < -0.3 is 10.5 Å². The van der Waals surface area contributed by atoms with Crippen molar-refractivity contribution in [3.8, 4) is 0 Å². The van der Waals surface area contributed by atoms with Gasteiger partial charge in [-0.2, -0.15) is 0 Å². The van der Waals surface area contributed by atoms with E-state index in [-0.39, 0.29) is 0 Å². The molecule has 0 unspecified atom stereocenters. The Labute approximate surface area is 92.4 Å². The summed E-state index contributed by atoms with van der Waals surface area (Å²) in [6.07, 6.45) is 8.86. The largest absolute Gasteiger partial charge is 0.330 e. The van der Waals surface area contributed by atoms with Gasteiger partial charge in [-0.3, -0.25) is 4.79 Å². The first kappa shape index (κ1) is 14.3. The first-order chi connectivity index (χ1) is 7.31. The second-order valence-corrected chi connectivity index (χ2v) is 3.90. The fraction of sp³-hybridized carbons (Fsp3) is 0.833. The summed E-state index contributed by atoms with van der Waals surface area (Å²) >= 11 is 0. The van der Waals surface area contributed by atoms with E-state index < -0.39 is 0 Å². The first-order valence-corrected chi connectivity index (χ1v) is 5.96. The van der Waals surface area contributed by atoms with Gasteiger partial charge in [-0.25, -0.2) is 0 Å². The molecule has 2 N–H and O–H groups in total. The molecule has 3 heteroatoms. The maximum absolute atomic E-state index is 11.3. The summed E-state index contributed by atoms with van der Waals surface area (Å²) in [5.41, 5.74) is 5.36. The molecule has 0 aliphatic carbocycles. The second-order valence-electron chi connectivity index (χ2n) is 3.90. The van der Waals surface area contributed by atoms with E-state index in [1.807, 2.05) is 0 Å². The lowest BCUT2D eigenvalue weighted by atomic mass is 10.1. The normalized spacial score (nSPS) is 10.2. The number of aldehydes is 1. The summed E-state index contributed by atoms with van der Waals surface area (Å²) in [7, 11) is 0. The van der Waals surface area contributed by atoms with E-state index in [4.69, 9.17) is 5.73 Å². The number of hydrogen-bond acceptors (Lipinski definition) is 3. The van der Waals surface area contributed by atoms with Crippen LogP contribution in [0.1, 0.15) is 57.8 Å². The molecule has 0 bridgehead atoms. The Morgan fingerprint density at radius 3 is 2.07 bits per heavy atom. The molecule has 0 aliphatic rings. The van der Waals surface area contributed by atoms with Gasteiger partial charge in [0.15, 0.2) is 0 Å². The zero-order chi connectivity index (χ0) is 11.4. The molecule has 15 heavy (non-hydrogen) atoms. The minimum atomic E-state index is 0.359. The highest BCUT2D eigenvalue weighted by atomic mass is 16.1. The van der Waals surface area contributed by atoms with Crippen molar-refractivity contribution in [2.75, 3.05) is 6.54 Å². The Balaban J connectivity index is 3.15. The van der Waals surface area contributed by atoms with E-state index in [1.54, 1.807) is 0 Å². The lowest BCUT2D eigenvalue weighted by molar-refractivity contribution is -0.119. The number of nitrogens with two attached hydrogens (primary N) is 1. The Kier molecular flexibility index (Phi) is 10.8. The van der Waals surface area contributed by atoms with Gasteiger partial charge in [0.05, 0.1) is 0 Å². The lowest BCUT2D eigenvalue weighted by Gasteiger charge is -2.00. The highest BCUT2D eigenvalue weighted by Crippen LogP contribution is 2.07. The van der Waals surface area contributed by atoms with Gasteiger partial charge >= 0.3 is 0 Å². The van der Waals surface area contributed by atoms with Crippen LogP contribution in [-0.4, -0.2) is 18.6 Å². The summed E-state index contributed by atoms with van der Waals surface area (Å²) in [6, 6.07) is 0. The molecule has 0 spiro atoms. The van der Waals surface area contributed by atoms with Crippen molar-refractivity contribution < 1.29 is 9.59 Å². The van der Waals surface area contributed by atoms with Gasteiger partial charge in [0, 0.05) is 19.3 Å². The van der Waals surface area contributed by atoms with E-state index in [0.29, 0.717) is 25.0 Å². The zero-order valence-corrected chi connectivity index (χ0v) is 9.54. The van der Waals surface area contributed by atoms with E-state index >= 15 is 0 Å². The number of carbonyl (C=O) groups excluding carboxylic acids is 2. The van der Waals surface area contributed by atoms with Crippen LogP contribution >= 0.6 is 0 Å². The highest BCUT2D eigenvalue weighted by molar-refractivity contribution is 5.78. The second kappa shape index (κ2) is 11.4. The topological polar surface area (TPSA) is 60.2 Å². The van der Waals surface area contributed by atoms with Gasteiger partial charge in [-0.1, -0.05) is 12.8 Å². The average Bonchev–Trinajstić information content (AvgIpc) is 2.24. The van der Waals surface area contributed by atoms with E-state index in [9.17, 15) is 9.59 Å². The van der Waals surface area contributed by atoms with Gasteiger partial charge in [0.1, 0.15) is 12.1 Å². The van der Waals surface area contributed by atoms with E-state index in [0.717, 1.165) is 51.4 Å². The van der Waals surface area contributed by atoms with Gasteiger partial charge in [0.2, 0.25) is 0 Å². The molecular formula is C12H23NO2. The molecule has 0 saturated carbocycles. The standard InChI is InChI=1S/C12H23NO2/c13-10-6-3-5-9-12(15)8-4-1-2-7-11-14/h11H,1-10,13H2. The maximum Gasteiger partial charge on any atom is 0.132 e. The molecule has 0 rings (SSSR count). The van der Waals surface area contributed by atoms with Crippen molar-refractivity contribution in [1.82, 2.24) is 0 Å². The van der Waals surface area contributed by atoms with Gasteiger partial charge in [0.25, 0.3) is 0 Å². The zero-order valence-electron chi connectivity index (χ0n) is 9.54. The number of rotatable bonds is 11. The van der Waals surface area contributed by atoms with Crippen LogP contribution in [0.3, 0.4) is 0 Å². The third kappa shape index (κ3) is 11.2. The molecule has 0 saturated heterocycles. The van der Waals surface area contributed by atoms with Gasteiger partial charge in [-0.05, 0) is 32.2 Å². The molecule has 0 aliphatic heterocycles. The fourth-order valence-electron chi connectivity index (χ4n) is 1.49. The Hall–Kier alpha value is -0.700. The van der Waals surface area contributed by atoms with Crippen molar-refractivity contribution in [2.45, 2.75) is 57.8 Å². The van der Waals surface area contributed by atoms with Crippen molar-refractivity contribution in [3.63, 3.8) is 0 Å². The van der Waals surface area contributed by atoms with Crippen LogP contribution in [0, 0.1) is 0 Å².